The standard InChI is InChI=1S/C13H20N2O2/c1-4-8-15(9-5-2)12-10-11(6-7-14-12)13(16)17-3/h6-7,10H,4-5,8-9H2,1-3H3. The Balaban J connectivity index is 2.91. The van der Waals surface area contributed by atoms with Gasteiger partial charge >= 0.3 is 5.97 Å². The molecule has 0 aliphatic carbocycles. The molecule has 0 aliphatic rings. The minimum Gasteiger partial charge on any atom is -0.465 e. The van der Waals surface area contributed by atoms with Crippen LogP contribution in [0.15, 0.2) is 18.3 Å². The first-order valence-corrected chi connectivity index (χ1v) is 6.02. The topological polar surface area (TPSA) is 42.4 Å². The maximum Gasteiger partial charge on any atom is 0.338 e. The Morgan fingerprint density at radius 1 is 1.35 bits per heavy atom. The van der Waals surface area contributed by atoms with E-state index in [0.717, 1.165) is 31.7 Å². The zero-order valence-corrected chi connectivity index (χ0v) is 10.8. The number of nitrogens with zero attached hydrogens (tertiary/aromatic N) is 2. The van der Waals surface area contributed by atoms with Gasteiger partial charge in [0.05, 0.1) is 12.7 Å². The number of hydrogen-bond donors (Lipinski definition) is 0. The molecule has 0 unspecified atom stereocenters. The Kier molecular flexibility index (Phi) is 5.46. The fourth-order valence-corrected chi connectivity index (χ4v) is 1.72. The van der Waals surface area contributed by atoms with E-state index in [-0.39, 0.29) is 5.97 Å². The molecule has 0 N–H and O–H groups in total. The van der Waals surface area contributed by atoms with E-state index in [1.165, 1.54) is 7.11 Å². The first-order chi connectivity index (χ1) is 8.22. The number of rotatable bonds is 6. The highest BCUT2D eigenvalue weighted by atomic mass is 16.5. The molecule has 0 atom stereocenters. The number of anilines is 1. The van der Waals surface area contributed by atoms with E-state index in [4.69, 9.17) is 4.74 Å². The first kappa shape index (κ1) is 13.5. The van der Waals surface area contributed by atoms with E-state index < -0.39 is 0 Å². The summed E-state index contributed by atoms with van der Waals surface area (Å²) in [6.45, 7) is 6.16. The molecule has 94 valence electrons. The summed E-state index contributed by atoms with van der Waals surface area (Å²) in [6, 6.07) is 3.46. The summed E-state index contributed by atoms with van der Waals surface area (Å²) in [5.41, 5.74) is 0.551. The number of pyridine rings is 1. The molecular formula is C13H20N2O2. The van der Waals surface area contributed by atoms with Crippen LogP contribution in [0.3, 0.4) is 0 Å². The first-order valence-electron chi connectivity index (χ1n) is 6.02. The van der Waals surface area contributed by atoms with Crippen molar-refractivity contribution in [3.05, 3.63) is 23.9 Å². The van der Waals surface area contributed by atoms with Gasteiger partial charge in [0.15, 0.2) is 0 Å². The molecule has 0 saturated heterocycles. The predicted molar refractivity (Wildman–Crippen MR) is 68.4 cm³/mol. The third-order valence-electron chi connectivity index (χ3n) is 2.48. The largest absolute Gasteiger partial charge is 0.465 e. The molecular weight excluding hydrogens is 216 g/mol. The van der Waals surface area contributed by atoms with Gasteiger partial charge < -0.3 is 9.64 Å². The molecule has 0 aliphatic heterocycles. The van der Waals surface area contributed by atoms with Crippen LogP contribution in [-0.2, 0) is 4.74 Å². The van der Waals surface area contributed by atoms with Crippen LogP contribution in [0.25, 0.3) is 0 Å². The van der Waals surface area contributed by atoms with Crippen molar-refractivity contribution in [2.24, 2.45) is 0 Å². The van der Waals surface area contributed by atoms with Crippen molar-refractivity contribution in [2.45, 2.75) is 26.7 Å². The van der Waals surface area contributed by atoms with E-state index in [2.05, 4.69) is 23.7 Å². The van der Waals surface area contributed by atoms with Crippen molar-refractivity contribution in [3.63, 3.8) is 0 Å². The van der Waals surface area contributed by atoms with Gasteiger partial charge in [-0.3, -0.25) is 0 Å². The molecule has 0 amide bonds. The quantitative estimate of drug-likeness (QED) is 0.712. The van der Waals surface area contributed by atoms with Crippen LogP contribution in [0.5, 0.6) is 0 Å². The fraction of sp³-hybridized carbons (Fsp3) is 0.538. The zero-order chi connectivity index (χ0) is 12.7. The third kappa shape index (κ3) is 3.73. The molecule has 0 bridgehead atoms. The smallest absolute Gasteiger partial charge is 0.338 e. The van der Waals surface area contributed by atoms with E-state index in [1.807, 2.05) is 0 Å². The van der Waals surface area contributed by atoms with Gasteiger partial charge in [-0.2, -0.15) is 0 Å². The van der Waals surface area contributed by atoms with Gasteiger partial charge in [-0.05, 0) is 25.0 Å². The average molecular weight is 236 g/mol. The molecule has 1 rings (SSSR count). The van der Waals surface area contributed by atoms with E-state index >= 15 is 0 Å². The molecule has 0 aromatic carbocycles. The number of carbonyl (C=O) groups is 1. The van der Waals surface area contributed by atoms with Crippen LogP contribution < -0.4 is 4.90 Å². The lowest BCUT2D eigenvalue weighted by Gasteiger charge is -2.22. The van der Waals surface area contributed by atoms with Gasteiger partial charge in [0.2, 0.25) is 0 Å². The Morgan fingerprint density at radius 3 is 2.53 bits per heavy atom. The van der Waals surface area contributed by atoms with Crippen molar-refractivity contribution in [1.82, 2.24) is 4.98 Å². The minimum absolute atomic E-state index is 0.318. The Bertz CT molecular complexity index is 360. The van der Waals surface area contributed by atoms with Crippen LogP contribution in [0, 0.1) is 0 Å². The molecule has 4 nitrogen and oxygen atoms in total. The lowest BCUT2D eigenvalue weighted by atomic mass is 10.2. The minimum atomic E-state index is -0.318. The summed E-state index contributed by atoms with van der Waals surface area (Å²) < 4.78 is 4.71. The second kappa shape index (κ2) is 6.89. The Hall–Kier alpha value is -1.58. The maximum absolute atomic E-state index is 11.4. The SMILES string of the molecule is CCCN(CCC)c1cc(C(=O)OC)ccn1. The molecule has 17 heavy (non-hydrogen) atoms. The van der Waals surface area contributed by atoms with Crippen LogP contribution in [-0.4, -0.2) is 31.2 Å². The number of hydrogen-bond acceptors (Lipinski definition) is 4. The molecule has 4 heteroatoms. The zero-order valence-electron chi connectivity index (χ0n) is 10.8. The Morgan fingerprint density at radius 2 is 2.00 bits per heavy atom. The van der Waals surface area contributed by atoms with E-state index in [0.29, 0.717) is 5.56 Å². The number of carbonyl (C=O) groups excluding carboxylic acids is 1. The number of esters is 1. The van der Waals surface area contributed by atoms with Gasteiger partial charge in [0.1, 0.15) is 5.82 Å². The molecule has 0 saturated carbocycles. The van der Waals surface area contributed by atoms with E-state index in [1.54, 1.807) is 18.3 Å². The highest BCUT2D eigenvalue weighted by Crippen LogP contribution is 2.14. The van der Waals surface area contributed by atoms with Crippen LogP contribution in [0.2, 0.25) is 0 Å². The predicted octanol–water partition coefficient (Wildman–Crippen LogP) is 2.49. The molecule has 1 heterocycles. The average Bonchev–Trinajstić information content (AvgIpc) is 2.37. The fourth-order valence-electron chi connectivity index (χ4n) is 1.72. The van der Waals surface area contributed by atoms with Crippen LogP contribution in [0.1, 0.15) is 37.0 Å². The monoisotopic (exact) mass is 236 g/mol. The van der Waals surface area contributed by atoms with Crippen molar-refractivity contribution in [3.8, 4) is 0 Å². The highest BCUT2D eigenvalue weighted by Gasteiger charge is 2.10. The van der Waals surface area contributed by atoms with Crippen molar-refractivity contribution >= 4 is 11.8 Å². The third-order valence-corrected chi connectivity index (χ3v) is 2.48. The van der Waals surface area contributed by atoms with E-state index in [9.17, 15) is 4.79 Å². The second-order valence-corrected chi connectivity index (χ2v) is 3.88. The second-order valence-electron chi connectivity index (χ2n) is 3.88. The van der Waals surface area contributed by atoms with Gasteiger partial charge in [-0.1, -0.05) is 13.8 Å². The molecule has 1 aromatic rings. The summed E-state index contributed by atoms with van der Waals surface area (Å²) in [6.07, 6.45) is 3.77. The lowest BCUT2D eigenvalue weighted by molar-refractivity contribution is 0.0600. The van der Waals surface area contributed by atoms with Gasteiger partial charge in [0, 0.05) is 19.3 Å². The number of ether oxygens (including phenoxy) is 1. The summed E-state index contributed by atoms with van der Waals surface area (Å²) in [5, 5.41) is 0. The van der Waals surface area contributed by atoms with Crippen molar-refractivity contribution < 1.29 is 9.53 Å². The summed E-state index contributed by atoms with van der Waals surface area (Å²) in [5.74, 6) is 0.526. The number of aromatic nitrogens is 1. The highest BCUT2D eigenvalue weighted by molar-refractivity contribution is 5.90. The number of methoxy groups -OCH3 is 1. The van der Waals surface area contributed by atoms with Gasteiger partial charge in [-0.25, -0.2) is 9.78 Å². The van der Waals surface area contributed by atoms with Gasteiger partial charge in [-0.15, -0.1) is 0 Å². The summed E-state index contributed by atoms with van der Waals surface area (Å²) in [4.78, 5) is 17.9. The van der Waals surface area contributed by atoms with Crippen LogP contribution >= 0.6 is 0 Å². The normalized spacial score (nSPS) is 10.1. The summed E-state index contributed by atoms with van der Waals surface area (Å²) in [7, 11) is 1.39. The lowest BCUT2D eigenvalue weighted by Crippen LogP contribution is -2.26. The molecule has 0 fully saturated rings. The summed E-state index contributed by atoms with van der Waals surface area (Å²) >= 11 is 0. The molecule has 0 radical (unpaired) electrons. The van der Waals surface area contributed by atoms with Gasteiger partial charge in [0.25, 0.3) is 0 Å². The maximum atomic E-state index is 11.4. The van der Waals surface area contributed by atoms with Crippen LogP contribution in [0.4, 0.5) is 5.82 Å². The Labute approximate surface area is 103 Å². The molecule has 1 aromatic heterocycles. The van der Waals surface area contributed by atoms with Crippen molar-refractivity contribution in [2.75, 3.05) is 25.1 Å². The molecule has 0 spiro atoms. The van der Waals surface area contributed by atoms with Crippen molar-refractivity contribution in [1.29, 1.82) is 0 Å².